The van der Waals surface area contributed by atoms with Crippen LogP contribution in [-0.4, -0.2) is 17.3 Å². The number of unbranched alkanes of at least 4 members (excludes halogenated alkanes) is 11. The van der Waals surface area contributed by atoms with Gasteiger partial charge in [0.05, 0.1) is 0 Å². The Morgan fingerprint density at radius 2 is 0.743 bits per heavy atom. The molecule has 0 fully saturated rings. The maximum absolute atomic E-state index is 10.8. The number of carbonyl (C=O) groups excluding carboxylic acids is 3. The molecule has 0 aromatic heterocycles. The molecule has 0 bridgehead atoms. The summed E-state index contributed by atoms with van der Waals surface area (Å²) < 4.78 is 0. The summed E-state index contributed by atoms with van der Waals surface area (Å²) in [5, 5.41) is 0. The van der Waals surface area contributed by atoms with Gasteiger partial charge >= 0.3 is 0 Å². The molecule has 0 rings (SSSR count). The Hall–Kier alpha value is -0.990. The molecule has 0 unspecified atom stereocenters. The number of carbonyl (C=O) groups is 3. The molecule has 0 radical (unpaired) electrons. The summed E-state index contributed by atoms with van der Waals surface area (Å²) in [4.78, 5) is 31.9. The highest BCUT2D eigenvalue weighted by atomic mass is 16.1. The molecule has 0 aromatic rings. The number of rotatable bonds is 20. The largest absolute Gasteiger partial charge is 0.300 e. The summed E-state index contributed by atoms with van der Waals surface area (Å²) in [7, 11) is 0. The van der Waals surface area contributed by atoms with Gasteiger partial charge in [-0.3, -0.25) is 9.59 Å². The van der Waals surface area contributed by atoms with E-state index >= 15 is 0 Å². The van der Waals surface area contributed by atoms with Crippen LogP contribution in [-0.2, 0) is 14.4 Å². The first-order valence-electron chi connectivity index (χ1n) is 15.3. The van der Waals surface area contributed by atoms with Gasteiger partial charge in [0.1, 0.15) is 17.3 Å². The smallest absolute Gasteiger partial charge is 0.132 e. The van der Waals surface area contributed by atoms with E-state index in [1.165, 1.54) is 70.6 Å². The first-order chi connectivity index (χ1) is 16.8. The van der Waals surface area contributed by atoms with Crippen molar-refractivity contribution < 1.29 is 14.4 Å². The highest BCUT2D eigenvalue weighted by molar-refractivity contribution is 5.78. The Kier molecular flexibility index (Phi) is 47.3. The number of hydrogen-bond acceptors (Lipinski definition) is 3. The molecule has 0 N–H and O–H groups in total. The Balaban J connectivity index is -0.000000183. The zero-order valence-electron chi connectivity index (χ0n) is 25.6. The van der Waals surface area contributed by atoms with Gasteiger partial charge in [0.2, 0.25) is 0 Å². The highest BCUT2D eigenvalue weighted by Crippen LogP contribution is 2.04. The summed E-state index contributed by atoms with van der Waals surface area (Å²) in [5.41, 5.74) is 0. The van der Waals surface area contributed by atoms with Gasteiger partial charge in [-0.05, 0) is 32.6 Å². The summed E-state index contributed by atoms with van der Waals surface area (Å²) in [6.07, 6.45) is 23.9. The van der Waals surface area contributed by atoms with Crippen LogP contribution in [0.15, 0.2) is 0 Å². The lowest BCUT2D eigenvalue weighted by Crippen LogP contribution is -1.95. The molecule has 0 aliphatic carbocycles. The molecular formula is C32H66O3. The predicted molar refractivity (Wildman–Crippen MR) is 157 cm³/mol. The fourth-order valence-electron chi connectivity index (χ4n) is 3.18. The lowest BCUT2D eigenvalue weighted by atomic mass is 10.1. The minimum Gasteiger partial charge on any atom is -0.300 e. The average Bonchev–Trinajstić information content (AvgIpc) is 2.84. The predicted octanol–water partition coefficient (Wildman–Crippen LogP) is 11.0. The van der Waals surface area contributed by atoms with Gasteiger partial charge in [-0.1, -0.05) is 126 Å². The quantitative estimate of drug-likeness (QED) is 0.157. The van der Waals surface area contributed by atoms with Crippen molar-refractivity contribution in [1.29, 1.82) is 0 Å². The first-order valence-corrected chi connectivity index (χ1v) is 15.3. The molecule has 35 heavy (non-hydrogen) atoms. The van der Waals surface area contributed by atoms with E-state index in [0.717, 1.165) is 57.8 Å². The third-order valence-corrected chi connectivity index (χ3v) is 5.63. The molecule has 0 atom stereocenters. The molecule has 3 heteroatoms. The Morgan fingerprint density at radius 1 is 0.371 bits per heavy atom. The van der Waals surface area contributed by atoms with Crippen molar-refractivity contribution in [1.82, 2.24) is 0 Å². The molecule has 0 aliphatic heterocycles. The minimum atomic E-state index is 0.325. The van der Waals surface area contributed by atoms with Gasteiger partial charge in [-0.15, -0.1) is 0 Å². The van der Waals surface area contributed by atoms with Crippen molar-refractivity contribution >= 4 is 17.3 Å². The second kappa shape index (κ2) is 40.2. The lowest BCUT2D eigenvalue weighted by Gasteiger charge is -1.94. The standard InChI is InChI=1S/3C8H16O.C8H18/c1-3-4-5-6-7-8(2)9;1-3-5-6-7-8(9)4-2;1-3-5-7-8(9)6-4-2;1-3-5-7-8-6-4-2/h3*3-7H2,1-2H3;3-8H2,1-2H3. The Bertz CT molecular complexity index is 409. The second-order valence-electron chi connectivity index (χ2n) is 9.67. The topological polar surface area (TPSA) is 51.2 Å². The highest BCUT2D eigenvalue weighted by Gasteiger charge is 1.97. The van der Waals surface area contributed by atoms with E-state index in [0.29, 0.717) is 23.8 Å². The van der Waals surface area contributed by atoms with Crippen LogP contribution in [0.2, 0.25) is 0 Å². The van der Waals surface area contributed by atoms with E-state index in [1.54, 1.807) is 6.92 Å². The van der Waals surface area contributed by atoms with Gasteiger partial charge < -0.3 is 4.79 Å². The minimum absolute atomic E-state index is 0.325. The van der Waals surface area contributed by atoms with Gasteiger partial charge in [-0.25, -0.2) is 0 Å². The average molecular weight is 499 g/mol. The normalized spacial score (nSPS) is 9.60. The SMILES string of the molecule is CCCCC(=O)CCC.CCCCCC(=O)CC.CCCCCCC(C)=O.CCCCCCCC. The van der Waals surface area contributed by atoms with Crippen LogP contribution < -0.4 is 0 Å². The van der Waals surface area contributed by atoms with E-state index in [2.05, 4.69) is 34.6 Å². The van der Waals surface area contributed by atoms with Gasteiger partial charge in [0.25, 0.3) is 0 Å². The maximum atomic E-state index is 10.8. The zero-order valence-corrected chi connectivity index (χ0v) is 25.6. The first kappa shape index (κ1) is 41.1. The fourth-order valence-corrected chi connectivity index (χ4v) is 3.18. The van der Waals surface area contributed by atoms with Crippen molar-refractivity contribution in [2.45, 2.75) is 190 Å². The van der Waals surface area contributed by atoms with Gasteiger partial charge in [-0.2, -0.15) is 0 Å². The Labute approximate surface area is 222 Å². The number of Topliss-reactive ketones (excluding diaryl/α,β-unsaturated/α-hetero) is 3. The second-order valence-corrected chi connectivity index (χ2v) is 9.67. The van der Waals surface area contributed by atoms with Crippen molar-refractivity contribution in [3.05, 3.63) is 0 Å². The van der Waals surface area contributed by atoms with Crippen molar-refractivity contribution in [2.24, 2.45) is 0 Å². The zero-order chi connectivity index (χ0) is 27.6. The summed E-state index contributed by atoms with van der Waals surface area (Å²) in [6.45, 7) is 16.6. The molecule has 3 nitrogen and oxygen atoms in total. The van der Waals surface area contributed by atoms with Crippen LogP contribution in [0.5, 0.6) is 0 Å². The van der Waals surface area contributed by atoms with E-state index in [-0.39, 0.29) is 0 Å². The van der Waals surface area contributed by atoms with Crippen molar-refractivity contribution in [3.8, 4) is 0 Å². The molecule has 0 amide bonds. The molecule has 0 aliphatic rings. The molecule has 212 valence electrons. The van der Waals surface area contributed by atoms with Crippen LogP contribution in [0.3, 0.4) is 0 Å². The van der Waals surface area contributed by atoms with E-state index in [4.69, 9.17) is 0 Å². The van der Waals surface area contributed by atoms with Gasteiger partial charge in [0.15, 0.2) is 0 Å². The molecule has 0 saturated heterocycles. The number of hydrogen-bond donors (Lipinski definition) is 0. The summed E-state index contributed by atoms with van der Waals surface area (Å²) in [5.74, 6) is 1.16. The fraction of sp³-hybridized carbons (Fsp3) is 0.906. The van der Waals surface area contributed by atoms with Crippen LogP contribution in [0.4, 0.5) is 0 Å². The van der Waals surface area contributed by atoms with Crippen LogP contribution in [0.1, 0.15) is 190 Å². The van der Waals surface area contributed by atoms with E-state index in [9.17, 15) is 14.4 Å². The monoisotopic (exact) mass is 499 g/mol. The molecule has 0 heterocycles. The van der Waals surface area contributed by atoms with Crippen LogP contribution >= 0.6 is 0 Å². The van der Waals surface area contributed by atoms with Crippen molar-refractivity contribution in [3.63, 3.8) is 0 Å². The molecule has 0 saturated carbocycles. The van der Waals surface area contributed by atoms with Gasteiger partial charge in [0, 0.05) is 32.1 Å². The Morgan fingerprint density at radius 3 is 1.11 bits per heavy atom. The van der Waals surface area contributed by atoms with Crippen LogP contribution in [0, 0.1) is 0 Å². The number of ketones is 3. The lowest BCUT2D eigenvalue weighted by molar-refractivity contribution is -0.119. The summed E-state index contributed by atoms with van der Waals surface area (Å²) >= 11 is 0. The van der Waals surface area contributed by atoms with Crippen LogP contribution in [0.25, 0.3) is 0 Å². The molecule has 0 spiro atoms. The molecular weight excluding hydrogens is 432 g/mol. The third kappa shape index (κ3) is 55.1. The molecule has 0 aromatic carbocycles. The van der Waals surface area contributed by atoms with E-state index in [1.807, 2.05) is 13.8 Å². The maximum Gasteiger partial charge on any atom is 0.132 e. The van der Waals surface area contributed by atoms with Crippen molar-refractivity contribution in [2.75, 3.05) is 0 Å². The summed E-state index contributed by atoms with van der Waals surface area (Å²) in [6, 6.07) is 0. The third-order valence-electron chi connectivity index (χ3n) is 5.63. The van der Waals surface area contributed by atoms with E-state index < -0.39 is 0 Å².